The Morgan fingerprint density at radius 2 is 1.67 bits per heavy atom. The van der Waals surface area contributed by atoms with Crippen molar-refractivity contribution in [3.63, 3.8) is 0 Å². The van der Waals surface area contributed by atoms with Gasteiger partial charge in [-0.25, -0.2) is 8.42 Å². The van der Waals surface area contributed by atoms with Gasteiger partial charge in [0, 0.05) is 44.4 Å². The topological polar surface area (TPSA) is 136 Å². The van der Waals surface area contributed by atoms with Crippen LogP contribution in [0.3, 0.4) is 0 Å². The number of nitrogens with zero attached hydrogens (tertiary/aromatic N) is 4. The van der Waals surface area contributed by atoms with Gasteiger partial charge in [-0.1, -0.05) is 18.2 Å². The first-order valence-corrected chi connectivity index (χ1v) is 10.5. The van der Waals surface area contributed by atoms with Crippen molar-refractivity contribution in [2.45, 2.75) is 11.4 Å². The Morgan fingerprint density at radius 1 is 1.03 bits per heavy atom. The maximum atomic E-state index is 12.8. The molecule has 11 nitrogen and oxygen atoms in total. The maximum Gasteiger partial charge on any atom is 0.293 e. The molecule has 0 radical (unpaired) electrons. The summed E-state index contributed by atoms with van der Waals surface area (Å²) >= 11 is 0. The summed E-state index contributed by atoms with van der Waals surface area (Å²) in [5, 5.41) is 22.9. The highest BCUT2D eigenvalue weighted by atomic mass is 32.2. The van der Waals surface area contributed by atoms with Crippen molar-refractivity contribution in [1.29, 1.82) is 0 Å². The standard InChI is InChI=1S/C18H20N4O7S/c1-19(13-14-4-2-3-5-16(14)21(23)24)17-7-6-15(12-18(17)22(25)26)30(27,28)20-8-10-29-11-9-20/h2-7,12H,8-11,13H2,1H3. The molecular formula is C18H20N4O7S. The van der Waals surface area contributed by atoms with Gasteiger partial charge in [0.15, 0.2) is 0 Å². The molecule has 2 aromatic carbocycles. The molecule has 160 valence electrons. The van der Waals surface area contributed by atoms with Gasteiger partial charge in [0.25, 0.3) is 11.4 Å². The SMILES string of the molecule is CN(Cc1ccccc1[N+](=O)[O-])c1ccc(S(=O)(=O)N2CCOCC2)cc1[N+](=O)[O-]. The van der Waals surface area contributed by atoms with Gasteiger partial charge >= 0.3 is 0 Å². The lowest BCUT2D eigenvalue weighted by atomic mass is 10.1. The van der Waals surface area contributed by atoms with E-state index in [0.717, 1.165) is 6.07 Å². The highest BCUT2D eigenvalue weighted by Crippen LogP contribution is 2.33. The number of anilines is 1. The van der Waals surface area contributed by atoms with E-state index in [-0.39, 0.29) is 49.1 Å². The van der Waals surface area contributed by atoms with Crippen molar-refractivity contribution in [3.8, 4) is 0 Å². The number of nitro benzene ring substituents is 2. The summed E-state index contributed by atoms with van der Waals surface area (Å²) in [7, 11) is -2.35. The zero-order valence-electron chi connectivity index (χ0n) is 16.1. The third kappa shape index (κ3) is 4.40. The Bertz CT molecular complexity index is 1070. The molecule has 1 aliphatic rings. The van der Waals surface area contributed by atoms with E-state index in [4.69, 9.17) is 4.74 Å². The van der Waals surface area contributed by atoms with Crippen LogP contribution >= 0.6 is 0 Å². The van der Waals surface area contributed by atoms with Crippen LogP contribution in [0.2, 0.25) is 0 Å². The van der Waals surface area contributed by atoms with E-state index in [1.165, 1.54) is 33.5 Å². The van der Waals surface area contributed by atoms with Crippen molar-refractivity contribution in [2.75, 3.05) is 38.3 Å². The minimum Gasteiger partial charge on any atom is -0.379 e. The van der Waals surface area contributed by atoms with Crippen molar-refractivity contribution in [2.24, 2.45) is 0 Å². The molecule has 1 fully saturated rings. The fourth-order valence-corrected chi connectivity index (χ4v) is 4.66. The number of para-hydroxylation sites is 1. The molecule has 1 heterocycles. The van der Waals surface area contributed by atoms with E-state index < -0.39 is 25.6 Å². The summed E-state index contributed by atoms with van der Waals surface area (Å²) in [4.78, 5) is 23.0. The fraction of sp³-hybridized carbons (Fsp3) is 0.333. The second-order valence-electron chi connectivity index (χ2n) is 6.67. The van der Waals surface area contributed by atoms with E-state index in [1.807, 2.05) is 0 Å². The summed E-state index contributed by atoms with van der Waals surface area (Å²) in [5.41, 5.74) is 0.0346. The van der Waals surface area contributed by atoms with Crippen LogP contribution in [-0.4, -0.2) is 55.9 Å². The number of hydrogen-bond acceptors (Lipinski definition) is 8. The van der Waals surface area contributed by atoms with Crippen LogP contribution in [0.4, 0.5) is 17.1 Å². The Morgan fingerprint density at radius 3 is 2.30 bits per heavy atom. The van der Waals surface area contributed by atoms with Gasteiger partial charge in [0.05, 0.1) is 28.0 Å². The molecule has 0 saturated carbocycles. The van der Waals surface area contributed by atoms with Crippen molar-refractivity contribution in [3.05, 3.63) is 68.3 Å². The molecule has 1 aliphatic heterocycles. The minimum atomic E-state index is -3.90. The Labute approximate surface area is 172 Å². The normalized spacial score (nSPS) is 15.0. The quantitative estimate of drug-likeness (QED) is 0.476. The molecule has 3 rings (SSSR count). The number of benzene rings is 2. The summed E-state index contributed by atoms with van der Waals surface area (Å²) in [6.07, 6.45) is 0. The monoisotopic (exact) mass is 436 g/mol. The smallest absolute Gasteiger partial charge is 0.293 e. The molecule has 0 amide bonds. The van der Waals surface area contributed by atoms with Crippen LogP contribution in [0, 0.1) is 20.2 Å². The third-order valence-corrected chi connectivity index (χ3v) is 6.65. The summed E-state index contributed by atoms with van der Waals surface area (Å²) < 4.78 is 32.0. The Kier molecular flexibility index (Phi) is 6.29. The summed E-state index contributed by atoms with van der Waals surface area (Å²) in [5.74, 6) is 0. The zero-order chi connectivity index (χ0) is 21.9. The minimum absolute atomic E-state index is 0.0353. The molecular weight excluding hydrogens is 416 g/mol. The number of hydrogen-bond donors (Lipinski definition) is 0. The molecule has 2 aromatic rings. The number of sulfonamides is 1. The number of rotatable bonds is 7. The lowest BCUT2D eigenvalue weighted by Crippen LogP contribution is -2.40. The lowest BCUT2D eigenvalue weighted by Gasteiger charge is -2.26. The van der Waals surface area contributed by atoms with E-state index >= 15 is 0 Å². The van der Waals surface area contributed by atoms with Crippen LogP contribution in [0.1, 0.15) is 5.56 Å². The third-order valence-electron chi connectivity index (χ3n) is 4.76. The molecule has 0 N–H and O–H groups in total. The van der Waals surface area contributed by atoms with Crippen molar-refractivity contribution >= 4 is 27.1 Å². The van der Waals surface area contributed by atoms with Gasteiger partial charge in [0.2, 0.25) is 10.0 Å². The molecule has 0 aliphatic carbocycles. The first-order chi connectivity index (χ1) is 14.2. The van der Waals surface area contributed by atoms with Crippen molar-refractivity contribution < 1.29 is 23.0 Å². The van der Waals surface area contributed by atoms with Crippen LogP contribution in [0.5, 0.6) is 0 Å². The molecule has 1 saturated heterocycles. The second kappa shape index (κ2) is 8.73. The first kappa shape index (κ1) is 21.6. The number of morpholine rings is 1. The predicted molar refractivity (Wildman–Crippen MR) is 108 cm³/mol. The highest BCUT2D eigenvalue weighted by molar-refractivity contribution is 7.89. The fourth-order valence-electron chi connectivity index (χ4n) is 3.23. The average Bonchev–Trinajstić information content (AvgIpc) is 2.74. The molecule has 0 aromatic heterocycles. The average molecular weight is 436 g/mol. The highest BCUT2D eigenvalue weighted by Gasteiger charge is 2.29. The van der Waals surface area contributed by atoms with E-state index in [1.54, 1.807) is 19.2 Å². The molecule has 0 atom stereocenters. The summed E-state index contributed by atoms with van der Waals surface area (Å²) in [6, 6.07) is 9.78. The molecule has 0 spiro atoms. The van der Waals surface area contributed by atoms with Gasteiger partial charge in [-0.05, 0) is 12.1 Å². The Hall–Kier alpha value is -3.09. The molecule has 30 heavy (non-hydrogen) atoms. The number of ether oxygens (including phenoxy) is 1. The van der Waals surface area contributed by atoms with Crippen LogP contribution in [-0.2, 0) is 21.3 Å². The van der Waals surface area contributed by atoms with E-state index in [2.05, 4.69) is 0 Å². The zero-order valence-corrected chi connectivity index (χ0v) is 16.9. The van der Waals surface area contributed by atoms with Crippen LogP contribution < -0.4 is 4.90 Å². The largest absolute Gasteiger partial charge is 0.379 e. The second-order valence-corrected chi connectivity index (χ2v) is 8.60. The number of nitro groups is 2. The van der Waals surface area contributed by atoms with Gasteiger partial charge < -0.3 is 9.64 Å². The molecule has 12 heteroatoms. The maximum absolute atomic E-state index is 12.8. The van der Waals surface area contributed by atoms with E-state index in [0.29, 0.717) is 5.56 Å². The molecule has 0 bridgehead atoms. The van der Waals surface area contributed by atoms with Crippen molar-refractivity contribution in [1.82, 2.24) is 4.31 Å². The lowest BCUT2D eigenvalue weighted by molar-refractivity contribution is -0.385. The predicted octanol–water partition coefficient (Wildman–Crippen LogP) is 2.16. The van der Waals surface area contributed by atoms with Crippen LogP contribution in [0.15, 0.2) is 47.4 Å². The Balaban J connectivity index is 1.94. The van der Waals surface area contributed by atoms with E-state index in [9.17, 15) is 28.6 Å². The van der Waals surface area contributed by atoms with Gasteiger partial charge in [-0.2, -0.15) is 4.31 Å². The van der Waals surface area contributed by atoms with Gasteiger partial charge in [-0.15, -0.1) is 0 Å². The van der Waals surface area contributed by atoms with Gasteiger partial charge in [-0.3, -0.25) is 20.2 Å². The molecule has 0 unspecified atom stereocenters. The first-order valence-electron chi connectivity index (χ1n) is 9.01. The summed E-state index contributed by atoms with van der Waals surface area (Å²) in [6.45, 7) is 0.911. The van der Waals surface area contributed by atoms with Gasteiger partial charge in [0.1, 0.15) is 5.69 Å². The van der Waals surface area contributed by atoms with Crippen LogP contribution in [0.25, 0.3) is 0 Å².